The molecule has 0 heterocycles. The highest BCUT2D eigenvalue weighted by atomic mass is 35.5. The molecule has 0 fully saturated rings. The van der Waals surface area contributed by atoms with Crippen LogP contribution in [-0.4, -0.2) is 17.6 Å². The third-order valence-corrected chi connectivity index (χ3v) is 4.86. The number of benzene rings is 1. The molecule has 0 bridgehead atoms. The molecule has 0 saturated heterocycles. The summed E-state index contributed by atoms with van der Waals surface area (Å²) >= 11 is 16.5. The largest absolute Gasteiger partial charge is 0.198 e. The van der Waals surface area contributed by atoms with Gasteiger partial charge < -0.3 is 0 Å². The normalized spacial score (nSPS) is 12.4. The molecule has 3 unspecified atom stereocenters. The predicted octanol–water partition coefficient (Wildman–Crippen LogP) is 6.55. The van der Waals surface area contributed by atoms with Crippen LogP contribution in [0, 0.1) is 51.7 Å². The van der Waals surface area contributed by atoms with Crippen molar-refractivity contribution in [3.05, 3.63) is 35.9 Å². The summed E-state index contributed by atoms with van der Waals surface area (Å²) < 4.78 is 0. The zero-order valence-corrected chi connectivity index (χ0v) is 18.3. The van der Waals surface area contributed by atoms with Gasteiger partial charge in [-0.2, -0.15) is 15.8 Å². The first-order valence-corrected chi connectivity index (χ1v) is 10.4. The van der Waals surface area contributed by atoms with Gasteiger partial charge in [0.2, 0.25) is 0 Å². The van der Waals surface area contributed by atoms with Crippen LogP contribution in [0.25, 0.3) is 0 Å². The fraction of sp³-hybridized carbons (Fsp3) is 0.571. The summed E-state index contributed by atoms with van der Waals surface area (Å²) in [6.45, 7) is 3.83. The van der Waals surface area contributed by atoms with Gasteiger partial charge in [-0.1, -0.05) is 37.3 Å². The van der Waals surface area contributed by atoms with Crippen molar-refractivity contribution in [2.45, 2.75) is 39.5 Å². The summed E-state index contributed by atoms with van der Waals surface area (Å²) in [5, 5.41) is 24.7. The van der Waals surface area contributed by atoms with Crippen molar-refractivity contribution in [2.24, 2.45) is 17.8 Å². The third-order valence-electron chi connectivity index (χ3n) is 3.43. The minimum absolute atomic E-state index is 0.00617. The third kappa shape index (κ3) is 19.1. The predicted molar refractivity (Wildman–Crippen MR) is 115 cm³/mol. The van der Waals surface area contributed by atoms with E-state index >= 15 is 0 Å². The maximum Gasteiger partial charge on any atom is 0.0665 e. The Balaban J connectivity index is 0. The molecule has 0 aliphatic carbocycles. The Hall–Kier alpha value is -1.44. The van der Waals surface area contributed by atoms with Crippen molar-refractivity contribution in [1.29, 1.82) is 15.8 Å². The summed E-state index contributed by atoms with van der Waals surface area (Å²) in [7, 11) is 0. The highest BCUT2D eigenvalue weighted by molar-refractivity contribution is 6.18. The van der Waals surface area contributed by atoms with Gasteiger partial charge in [-0.05, 0) is 37.2 Å². The number of hydrogen-bond acceptors (Lipinski definition) is 3. The van der Waals surface area contributed by atoms with Gasteiger partial charge in [-0.25, -0.2) is 0 Å². The van der Waals surface area contributed by atoms with Crippen molar-refractivity contribution < 1.29 is 0 Å². The Morgan fingerprint density at radius 1 is 0.889 bits per heavy atom. The van der Waals surface area contributed by atoms with Crippen molar-refractivity contribution >= 4 is 34.8 Å². The van der Waals surface area contributed by atoms with Crippen LogP contribution in [-0.2, 0) is 6.42 Å². The molecular formula is C21H28Cl3N3. The standard InChI is InChI=1S/C11H12ClN.C6H10ClN.C4H6ClN/c12-9-11(6-7-13)8-10-4-2-1-3-5-10;1-6(5-7)3-2-4-8;1-4(2-5)3-6/h1-5,11H,6,8-9H2;6H,2-3,5H2,1H3;4H,2H2,1H3. The molecule has 0 N–H and O–H groups in total. The molecule has 6 heteroatoms. The summed E-state index contributed by atoms with van der Waals surface area (Å²) in [5.74, 6) is 2.46. The lowest BCUT2D eigenvalue weighted by molar-refractivity contribution is 0.603. The monoisotopic (exact) mass is 427 g/mol. The van der Waals surface area contributed by atoms with E-state index in [1.807, 2.05) is 31.2 Å². The van der Waals surface area contributed by atoms with Gasteiger partial charge in [0.15, 0.2) is 0 Å². The maximum atomic E-state index is 8.54. The molecule has 1 rings (SSSR count). The fourth-order valence-corrected chi connectivity index (χ4v) is 2.12. The van der Waals surface area contributed by atoms with Crippen LogP contribution in [0.1, 0.15) is 38.7 Å². The number of rotatable bonds is 8. The average Bonchev–Trinajstić information content (AvgIpc) is 2.72. The van der Waals surface area contributed by atoms with Crippen LogP contribution in [0.3, 0.4) is 0 Å². The van der Waals surface area contributed by atoms with Crippen LogP contribution >= 0.6 is 34.8 Å². The van der Waals surface area contributed by atoms with Crippen molar-refractivity contribution in [2.75, 3.05) is 17.6 Å². The molecule has 0 radical (unpaired) electrons. The number of nitrogens with zero attached hydrogens (tertiary/aromatic N) is 3. The Kier molecular flexibility index (Phi) is 21.5. The van der Waals surface area contributed by atoms with E-state index < -0.39 is 0 Å². The first-order valence-electron chi connectivity index (χ1n) is 8.84. The van der Waals surface area contributed by atoms with E-state index in [4.69, 9.17) is 50.6 Å². The van der Waals surface area contributed by atoms with E-state index in [2.05, 4.69) is 24.3 Å². The average molecular weight is 429 g/mol. The van der Waals surface area contributed by atoms with Crippen molar-refractivity contribution in [3.63, 3.8) is 0 Å². The van der Waals surface area contributed by atoms with E-state index in [-0.39, 0.29) is 11.8 Å². The number of nitriles is 3. The van der Waals surface area contributed by atoms with Gasteiger partial charge in [0, 0.05) is 30.5 Å². The van der Waals surface area contributed by atoms with Crippen LogP contribution in [0.4, 0.5) is 0 Å². The van der Waals surface area contributed by atoms with Gasteiger partial charge >= 0.3 is 0 Å². The van der Waals surface area contributed by atoms with Crippen LogP contribution in [0.2, 0.25) is 0 Å². The Morgan fingerprint density at radius 2 is 1.52 bits per heavy atom. The van der Waals surface area contributed by atoms with E-state index in [0.29, 0.717) is 36.4 Å². The molecule has 0 spiro atoms. The quantitative estimate of drug-likeness (QED) is 0.441. The van der Waals surface area contributed by atoms with E-state index in [0.717, 1.165) is 12.8 Å². The number of halogens is 3. The maximum absolute atomic E-state index is 8.54. The topological polar surface area (TPSA) is 71.4 Å². The first kappa shape index (κ1) is 27.8. The lowest BCUT2D eigenvalue weighted by atomic mass is 9.99. The van der Waals surface area contributed by atoms with Gasteiger partial charge in [-0.3, -0.25) is 0 Å². The van der Waals surface area contributed by atoms with E-state index in [9.17, 15) is 0 Å². The van der Waals surface area contributed by atoms with E-state index in [1.165, 1.54) is 5.56 Å². The minimum atomic E-state index is 0.00617. The zero-order chi connectivity index (χ0) is 20.9. The van der Waals surface area contributed by atoms with Crippen molar-refractivity contribution in [3.8, 4) is 18.2 Å². The van der Waals surface area contributed by atoms with Crippen molar-refractivity contribution in [1.82, 2.24) is 0 Å². The summed E-state index contributed by atoms with van der Waals surface area (Å²) in [6, 6.07) is 16.3. The lowest BCUT2D eigenvalue weighted by Gasteiger charge is -2.08. The summed E-state index contributed by atoms with van der Waals surface area (Å²) in [5.41, 5.74) is 1.25. The molecule has 148 valence electrons. The van der Waals surface area contributed by atoms with Gasteiger partial charge in [0.05, 0.1) is 24.1 Å². The molecule has 0 aliphatic rings. The van der Waals surface area contributed by atoms with Gasteiger partial charge in [0.25, 0.3) is 0 Å². The SMILES string of the molecule is CC(C#N)CCl.CC(CCl)CCC#N.N#CCC(CCl)Cc1ccccc1. The molecule has 0 aliphatic heterocycles. The molecule has 3 atom stereocenters. The fourth-order valence-electron chi connectivity index (χ4n) is 1.68. The van der Waals surface area contributed by atoms with Gasteiger partial charge in [-0.15, -0.1) is 34.8 Å². The molecule has 0 amide bonds. The van der Waals surface area contributed by atoms with E-state index in [1.54, 1.807) is 6.92 Å². The summed E-state index contributed by atoms with van der Waals surface area (Å²) in [4.78, 5) is 0. The van der Waals surface area contributed by atoms with Crippen LogP contribution in [0.15, 0.2) is 30.3 Å². The lowest BCUT2D eigenvalue weighted by Crippen LogP contribution is -2.05. The molecule has 1 aromatic rings. The highest BCUT2D eigenvalue weighted by Gasteiger charge is 2.07. The zero-order valence-electron chi connectivity index (χ0n) is 16.0. The molecule has 3 nitrogen and oxygen atoms in total. The van der Waals surface area contributed by atoms with Gasteiger partial charge in [0.1, 0.15) is 0 Å². The Bertz CT molecular complexity index is 573. The van der Waals surface area contributed by atoms with Crippen LogP contribution in [0.5, 0.6) is 0 Å². The second kappa shape index (κ2) is 20.9. The minimum Gasteiger partial charge on any atom is -0.198 e. The first-order chi connectivity index (χ1) is 13.0. The molecule has 0 saturated carbocycles. The number of hydrogen-bond donors (Lipinski definition) is 0. The Morgan fingerprint density at radius 3 is 1.89 bits per heavy atom. The smallest absolute Gasteiger partial charge is 0.0665 e. The van der Waals surface area contributed by atoms with Crippen LogP contribution < -0.4 is 0 Å². The molecular weight excluding hydrogens is 401 g/mol. The summed E-state index contributed by atoms with van der Waals surface area (Å²) in [6.07, 6.45) is 3.00. The second-order valence-corrected chi connectivity index (χ2v) is 7.14. The molecule has 27 heavy (non-hydrogen) atoms. The second-order valence-electron chi connectivity index (χ2n) is 6.21. The highest BCUT2D eigenvalue weighted by Crippen LogP contribution is 2.13. The Labute approximate surface area is 179 Å². The molecule has 0 aromatic heterocycles. The number of alkyl halides is 3. The molecule has 1 aromatic carbocycles.